The Morgan fingerprint density at radius 2 is 2.06 bits per heavy atom. The van der Waals surface area contributed by atoms with Crippen LogP contribution in [0.3, 0.4) is 0 Å². The molecule has 0 aliphatic carbocycles. The second-order valence-corrected chi connectivity index (χ2v) is 5.07. The van der Waals surface area contributed by atoms with Gasteiger partial charge in [-0.15, -0.1) is 0 Å². The molecule has 1 unspecified atom stereocenters. The third kappa shape index (κ3) is 2.39. The Bertz CT molecular complexity index is 544. The van der Waals surface area contributed by atoms with Crippen molar-refractivity contribution in [2.45, 2.75) is 13.0 Å². The van der Waals surface area contributed by atoms with E-state index < -0.39 is 0 Å². The maximum absolute atomic E-state index is 6.20. The molecule has 96 valence electrons. The maximum Gasteiger partial charge on any atom is 0.0837 e. The van der Waals surface area contributed by atoms with Gasteiger partial charge in [0, 0.05) is 12.1 Å². The number of benzene rings is 1. The molecule has 1 heterocycles. The van der Waals surface area contributed by atoms with Crippen LogP contribution in [0.25, 0.3) is 0 Å². The Hall–Kier alpha value is -1.03. The fourth-order valence-corrected chi connectivity index (χ4v) is 2.65. The topological polar surface area (TPSA) is 29.9 Å². The number of hydrogen-bond donors (Lipinski definition) is 1. The lowest BCUT2D eigenvalue weighted by atomic mass is 9.99. The Kier molecular flexibility index (Phi) is 3.95. The van der Waals surface area contributed by atoms with Crippen molar-refractivity contribution >= 4 is 23.2 Å². The zero-order valence-electron chi connectivity index (χ0n) is 10.5. The monoisotopic (exact) mass is 283 g/mol. The second-order valence-electron chi connectivity index (χ2n) is 4.22. The lowest BCUT2D eigenvalue weighted by molar-refractivity contribution is 0.604. The van der Waals surface area contributed by atoms with Gasteiger partial charge in [-0.2, -0.15) is 5.10 Å². The fourth-order valence-electron chi connectivity index (χ4n) is 2.15. The summed E-state index contributed by atoms with van der Waals surface area (Å²) in [6, 6.07) is 5.86. The molecule has 3 nitrogen and oxygen atoms in total. The Morgan fingerprint density at radius 3 is 2.56 bits per heavy atom. The zero-order valence-corrected chi connectivity index (χ0v) is 12.0. The standard InChI is InChI=1S/C13H15Cl2N3/c1-8-6-9(14)4-5-10(8)12(16-2)13-11(15)7-17-18(13)3/h4-7,12,16H,1-3H3. The highest BCUT2D eigenvalue weighted by atomic mass is 35.5. The third-order valence-corrected chi connectivity index (χ3v) is 3.57. The predicted octanol–water partition coefficient (Wildman–Crippen LogP) is 3.34. The van der Waals surface area contributed by atoms with Crippen LogP contribution in [-0.4, -0.2) is 16.8 Å². The number of aromatic nitrogens is 2. The van der Waals surface area contributed by atoms with Crippen LogP contribution >= 0.6 is 23.2 Å². The first kappa shape index (κ1) is 13.4. The van der Waals surface area contributed by atoms with Crippen molar-refractivity contribution in [3.8, 4) is 0 Å². The number of nitrogens with zero attached hydrogens (tertiary/aromatic N) is 2. The molecule has 0 spiro atoms. The van der Waals surface area contributed by atoms with E-state index in [1.165, 1.54) is 0 Å². The summed E-state index contributed by atoms with van der Waals surface area (Å²) in [5.41, 5.74) is 3.22. The average Bonchev–Trinajstić information content (AvgIpc) is 2.64. The van der Waals surface area contributed by atoms with Crippen LogP contribution in [0.1, 0.15) is 22.9 Å². The predicted molar refractivity (Wildman–Crippen MR) is 75.3 cm³/mol. The zero-order chi connectivity index (χ0) is 13.3. The number of aryl methyl sites for hydroxylation is 2. The van der Waals surface area contributed by atoms with Crippen molar-refractivity contribution in [1.29, 1.82) is 0 Å². The van der Waals surface area contributed by atoms with Crippen molar-refractivity contribution < 1.29 is 0 Å². The van der Waals surface area contributed by atoms with E-state index in [-0.39, 0.29) is 6.04 Å². The van der Waals surface area contributed by atoms with Gasteiger partial charge in [-0.3, -0.25) is 4.68 Å². The normalized spacial score (nSPS) is 12.7. The molecule has 1 aromatic carbocycles. The van der Waals surface area contributed by atoms with Gasteiger partial charge in [-0.1, -0.05) is 29.3 Å². The molecule has 0 fully saturated rings. The largest absolute Gasteiger partial charge is 0.308 e. The number of hydrogen-bond acceptors (Lipinski definition) is 2. The number of rotatable bonds is 3. The van der Waals surface area contributed by atoms with Gasteiger partial charge in [0.05, 0.1) is 23.0 Å². The minimum atomic E-state index is 0.00210. The Labute approximate surface area is 117 Å². The second kappa shape index (κ2) is 5.31. The van der Waals surface area contributed by atoms with E-state index in [9.17, 15) is 0 Å². The Balaban J connectivity index is 2.52. The van der Waals surface area contributed by atoms with Gasteiger partial charge in [0.25, 0.3) is 0 Å². The molecule has 2 rings (SSSR count). The summed E-state index contributed by atoms with van der Waals surface area (Å²) in [6.45, 7) is 2.04. The molecule has 0 saturated heterocycles. The van der Waals surface area contributed by atoms with Crippen molar-refractivity contribution in [2.24, 2.45) is 7.05 Å². The highest BCUT2D eigenvalue weighted by Gasteiger charge is 2.20. The minimum Gasteiger partial charge on any atom is -0.308 e. The van der Waals surface area contributed by atoms with Crippen LogP contribution in [0.15, 0.2) is 24.4 Å². The molecular weight excluding hydrogens is 269 g/mol. The first-order valence-corrected chi connectivity index (χ1v) is 6.41. The highest BCUT2D eigenvalue weighted by Crippen LogP contribution is 2.30. The van der Waals surface area contributed by atoms with Crippen LogP contribution in [0.5, 0.6) is 0 Å². The fraction of sp³-hybridized carbons (Fsp3) is 0.308. The number of halogens is 2. The molecule has 2 aromatic rings. The molecule has 1 N–H and O–H groups in total. The van der Waals surface area contributed by atoms with E-state index in [4.69, 9.17) is 23.2 Å². The van der Waals surface area contributed by atoms with E-state index in [2.05, 4.69) is 10.4 Å². The summed E-state index contributed by atoms with van der Waals surface area (Å²) in [6.07, 6.45) is 1.66. The summed E-state index contributed by atoms with van der Waals surface area (Å²) >= 11 is 12.2. The van der Waals surface area contributed by atoms with Crippen LogP contribution in [0.2, 0.25) is 10.0 Å². The van der Waals surface area contributed by atoms with Gasteiger partial charge in [-0.25, -0.2) is 0 Å². The molecule has 18 heavy (non-hydrogen) atoms. The summed E-state index contributed by atoms with van der Waals surface area (Å²) in [5.74, 6) is 0. The lowest BCUT2D eigenvalue weighted by Crippen LogP contribution is -2.21. The first-order valence-electron chi connectivity index (χ1n) is 5.65. The quantitative estimate of drug-likeness (QED) is 0.936. The van der Waals surface area contributed by atoms with Crippen LogP contribution in [0, 0.1) is 6.92 Å². The summed E-state index contributed by atoms with van der Waals surface area (Å²) in [5, 5.41) is 8.85. The molecule has 0 radical (unpaired) electrons. The van der Waals surface area contributed by atoms with E-state index in [0.29, 0.717) is 5.02 Å². The van der Waals surface area contributed by atoms with Crippen LogP contribution in [-0.2, 0) is 7.05 Å². The van der Waals surface area contributed by atoms with Crippen LogP contribution < -0.4 is 5.32 Å². The molecule has 0 aliphatic heterocycles. The minimum absolute atomic E-state index is 0.00210. The van der Waals surface area contributed by atoms with Gasteiger partial charge in [0.15, 0.2) is 0 Å². The average molecular weight is 284 g/mol. The highest BCUT2D eigenvalue weighted by molar-refractivity contribution is 6.31. The SMILES string of the molecule is CNC(c1ccc(Cl)cc1C)c1c(Cl)cnn1C. The van der Waals surface area contributed by atoms with Crippen molar-refractivity contribution in [2.75, 3.05) is 7.05 Å². The lowest BCUT2D eigenvalue weighted by Gasteiger charge is -2.20. The van der Waals surface area contributed by atoms with E-state index in [0.717, 1.165) is 21.8 Å². The van der Waals surface area contributed by atoms with Gasteiger partial charge in [-0.05, 0) is 37.2 Å². The molecule has 0 aliphatic rings. The molecule has 0 saturated carbocycles. The van der Waals surface area contributed by atoms with E-state index in [1.807, 2.05) is 39.2 Å². The summed E-state index contributed by atoms with van der Waals surface area (Å²) < 4.78 is 1.79. The smallest absolute Gasteiger partial charge is 0.0837 e. The van der Waals surface area contributed by atoms with Gasteiger partial charge in [0.2, 0.25) is 0 Å². The number of nitrogens with one attached hydrogen (secondary N) is 1. The van der Waals surface area contributed by atoms with E-state index >= 15 is 0 Å². The summed E-state index contributed by atoms with van der Waals surface area (Å²) in [7, 11) is 3.79. The van der Waals surface area contributed by atoms with Crippen molar-refractivity contribution in [3.05, 3.63) is 51.3 Å². The molecule has 0 amide bonds. The molecule has 0 bridgehead atoms. The van der Waals surface area contributed by atoms with Gasteiger partial charge < -0.3 is 5.32 Å². The third-order valence-electron chi connectivity index (χ3n) is 3.04. The van der Waals surface area contributed by atoms with Crippen molar-refractivity contribution in [1.82, 2.24) is 15.1 Å². The summed E-state index contributed by atoms with van der Waals surface area (Å²) in [4.78, 5) is 0. The Morgan fingerprint density at radius 1 is 1.33 bits per heavy atom. The van der Waals surface area contributed by atoms with Crippen LogP contribution in [0.4, 0.5) is 0 Å². The first-order chi connectivity index (χ1) is 8.54. The maximum atomic E-state index is 6.20. The van der Waals surface area contributed by atoms with Crippen molar-refractivity contribution in [3.63, 3.8) is 0 Å². The van der Waals surface area contributed by atoms with Gasteiger partial charge in [0.1, 0.15) is 0 Å². The molecular formula is C13H15Cl2N3. The molecule has 1 atom stereocenters. The van der Waals surface area contributed by atoms with Gasteiger partial charge >= 0.3 is 0 Å². The molecule has 1 aromatic heterocycles. The molecule has 5 heteroatoms. The van der Waals surface area contributed by atoms with E-state index in [1.54, 1.807) is 10.9 Å².